The van der Waals surface area contributed by atoms with Gasteiger partial charge >= 0.3 is 0 Å². The molecule has 0 aromatic rings. The monoisotopic (exact) mass is 212 g/mol. The summed E-state index contributed by atoms with van der Waals surface area (Å²) >= 11 is 0. The molecule has 2 heteroatoms. The minimum absolute atomic E-state index is 0.969. The Hall–Kier alpha value is -0.0800. The third-order valence-electron chi connectivity index (χ3n) is 4.85. The summed E-state index contributed by atoms with van der Waals surface area (Å²) in [5, 5.41) is 0. The number of rotatable bonds is 1. The lowest BCUT2D eigenvalue weighted by Gasteiger charge is -2.48. The molecular formula is C13H28N2+2. The van der Waals surface area contributed by atoms with Crippen molar-refractivity contribution < 1.29 is 8.97 Å². The smallest absolute Gasteiger partial charge is 0.0996 e. The molecule has 0 atom stereocenters. The summed E-state index contributed by atoms with van der Waals surface area (Å²) in [6.07, 6.45) is 7.30. The van der Waals surface area contributed by atoms with Crippen molar-refractivity contribution in [1.29, 1.82) is 0 Å². The van der Waals surface area contributed by atoms with E-state index in [1.54, 1.807) is 0 Å². The summed E-state index contributed by atoms with van der Waals surface area (Å²) in [6.45, 7) is 5.66. The zero-order chi connectivity index (χ0) is 10.9. The van der Waals surface area contributed by atoms with Crippen LogP contribution in [0.2, 0.25) is 0 Å². The van der Waals surface area contributed by atoms with Crippen LogP contribution in [0.1, 0.15) is 32.1 Å². The van der Waals surface area contributed by atoms with Gasteiger partial charge in [-0.1, -0.05) is 0 Å². The van der Waals surface area contributed by atoms with Gasteiger partial charge in [-0.2, -0.15) is 0 Å². The predicted molar refractivity (Wildman–Crippen MR) is 64.6 cm³/mol. The summed E-state index contributed by atoms with van der Waals surface area (Å²) in [5.74, 6) is 0. The van der Waals surface area contributed by atoms with Crippen LogP contribution in [0, 0.1) is 0 Å². The van der Waals surface area contributed by atoms with Crippen molar-refractivity contribution in [3.8, 4) is 0 Å². The molecule has 0 unspecified atom stereocenters. The minimum Gasteiger partial charge on any atom is -0.328 e. The van der Waals surface area contributed by atoms with E-state index in [9.17, 15) is 0 Å². The molecule has 0 aromatic heterocycles. The van der Waals surface area contributed by atoms with Gasteiger partial charge < -0.3 is 8.97 Å². The van der Waals surface area contributed by atoms with Crippen LogP contribution in [0.15, 0.2) is 0 Å². The summed E-state index contributed by atoms with van der Waals surface area (Å²) in [5.41, 5.74) is 0. The van der Waals surface area contributed by atoms with E-state index < -0.39 is 0 Å². The molecule has 0 bridgehead atoms. The first kappa shape index (κ1) is 11.4. The van der Waals surface area contributed by atoms with Crippen molar-refractivity contribution >= 4 is 0 Å². The second kappa shape index (κ2) is 4.06. The Morgan fingerprint density at radius 2 is 1.27 bits per heavy atom. The summed E-state index contributed by atoms with van der Waals surface area (Å²) < 4.78 is 2.64. The van der Waals surface area contributed by atoms with Gasteiger partial charge in [0.15, 0.2) is 0 Å². The Morgan fingerprint density at radius 3 is 1.80 bits per heavy atom. The van der Waals surface area contributed by atoms with Gasteiger partial charge in [-0.05, 0) is 19.3 Å². The van der Waals surface area contributed by atoms with Gasteiger partial charge in [-0.15, -0.1) is 0 Å². The van der Waals surface area contributed by atoms with Gasteiger partial charge in [0.1, 0.15) is 0 Å². The second-order valence-corrected chi connectivity index (χ2v) is 6.60. The van der Waals surface area contributed by atoms with Crippen LogP contribution in [0.4, 0.5) is 0 Å². The molecule has 2 rings (SSSR count). The first-order chi connectivity index (χ1) is 7.02. The number of likely N-dealkylation sites (tertiary alicyclic amines) is 2. The second-order valence-electron chi connectivity index (χ2n) is 6.60. The van der Waals surface area contributed by atoms with Gasteiger partial charge in [-0.3, -0.25) is 0 Å². The number of hydrogen-bond acceptors (Lipinski definition) is 0. The number of hydrogen-bond donors (Lipinski definition) is 0. The highest BCUT2D eigenvalue weighted by Crippen LogP contribution is 2.28. The average Bonchev–Trinajstić information content (AvgIpc) is 2.18. The third-order valence-corrected chi connectivity index (χ3v) is 4.85. The van der Waals surface area contributed by atoms with Crippen molar-refractivity contribution in [3.63, 3.8) is 0 Å². The molecule has 2 fully saturated rings. The average molecular weight is 212 g/mol. The van der Waals surface area contributed by atoms with Crippen molar-refractivity contribution in [2.75, 3.05) is 47.3 Å². The summed E-state index contributed by atoms with van der Waals surface area (Å²) in [4.78, 5) is 0. The molecule has 88 valence electrons. The van der Waals surface area contributed by atoms with E-state index in [0.717, 1.165) is 6.04 Å². The molecule has 0 aromatic carbocycles. The lowest BCUT2D eigenvalue weighted by Crippen LogP contribution is -2.60. The standard InChI is InChI=1S/C13H28N2/c1-14(2)11-7-13(8-12-14)15(3)9-5-4-6-10-15/h13H,4-12H2,1-3H3/q+2. The Labute approximate surface area is 95.0 Å². The lowest BCUT2D eigenvalue weighted by atomic mass is 9.96. The van der Waals surface area contributed by atoms with E-state index in [1.807, 2.05) is 0 Å². The van der Waals surface area contributed by atoms with Crippen LogP contribution < -0.4 is 0 Å². The van der Waals surface area contributed by atoms with E-state index in [2.05, 4.69) is 21.1 Å². The van der Waals surface area contributed by atoms with Crippen LogP contribution in [0.3, 0.4) is 0 Å². The molecule has 0 aliphatic carbocycles. The fourth-order valence-electron chi connectivity index (χ4n) is 3.48. The third kappa shape index (κ3) is 2.54. The molecule has 2 aliphatic heterocycles. The maximum atomic E-state index is 2.51. The molecule has 0 N–H and O–H groups in total. The number of piperidine rings is 2. The predicted octanol–water partition coefficient (Wildman–Crippen LogP) is 1.86. The van der Waals surface area contributed by atoms with E-state index in [4.69, 9.17) is 0 Å². The van der Waals surface area contributed by atoms with Crippen molar-refractivity contribution in [1.82, 2.24) is 0 Å². The molecule has 0 spiro atoms. The maximum absolute atomic E-state index is 2.51. The van der Waals surface area contributed by atoms with E-state index >= 15 is 0 Å². The normalized spacial score (nSPS) is 31.4. The highest BCUT2D eigenvalue weighted by Gasteiger charge is 2.39. The fraction of sp³-hybridized carbons (Fsp3) is 1.00. The van der Waals surface area contributed by atoms with Gasteiger partial charge in [0.05, 0.1) is 53.4 Å². The summed E-state index contributed by atoms with van der Waals surface area (Å²) in [7, 11) is 7.27. The van der Waals surface area contributed by atoms with E-state index in [1.165, 1.54) is 67.2 Å². The molecule has 2 aliphatic rings. The number of nitrogens with zero attached hydrogens (tertiary/aromatic N) is 2. The summed E-state index contributed by atoms with van der Waals surface area (Å²) in [6, 6.07) is 0.969. The quantitative estimate of drug-likeness (QED) is 0.582. The highest BCUT2D eigenvalue weighted by molar-refractivity contribution is 4.67. The molecule has 15 heavy (non-hydrogen) atoms. The Balaban J connectivity index is 1.94. The Morgan fingerprint density at radius 1 is 0.733 bits per heavy atom. The van der Waals surface area contributed by atoms with Crippen molar-refractivity contribution in [2.45, 2.75) is 38.1 Å². The zero-order valence-corrected chi connectivity index (χ0v) is 10.8. The Bertz CT molecular complexity index is 207. The topological polar surface area (TPSA) is 0 Å². The van der Waals surface area contributed by atoms with Crippen molar-refractivity contribution in [2.24, 2.45) is 0 Å². The fourth-order valence-corrected chi connectivity index (χ4v) is 3.48. The largest absolute Gasteiger partial charge is 0.328 e. The maximum Gasteiger partial charge on any atom is 0.0996 e. The van der Waals surface area contributed by atoms with Gasteiger partial charge in [-0.25, -0.2) is 0 Å². The van der Waals surface area contributed by atoms with Crippen LogP contribution in [-0.4, -0.2) is 62.3 Å². The first-order valence-electron chi connectivity index (χ1n) is 6.68. The molecule has 0 saturated carbocycles. The molecule has 0 radical (unpaired) electrons. The number of quaternary nitrogens is 2. The van der Waals surface area contributed by atoms with E-state index in [0.29, 0.717) is 0 Å². The SMILES string of the molecule is C[N+]1(C)CCC([N+]2(C)CCCCC2)CC1. The van der Waals surface area contributed by atoms with Crippen LogP contribution >= 0.6 is 0 Å². The molecule has 2 nitrogen and oxygen atoms in total. The van der Waals surface area contributed by atoms with Crippen LogP contribution in [0.5, 0.6) is 0 Å². The van der Waals surface area contributed by atoms with Crippen LogP contribution in [0.25, 0.3) is 0 Å². The van der Waals surface area contributed by atoms with Gasteiger partial charge in [0, 0.05) is 12.8 Å². The highest BCUT2D eigenvalue weighted by atomic mass is 15.4. The molecule has 0 amide bonds. The molecular weight excluding hydrogens is 184 g/mol. The first-order valence-corrected chi connectivity index (χ1v) is 6.68. The van der Waals surface area contributed by atoms with E-state index in [-0.39, 0.29) is 0 Å². The lowest BCUT2D eigenvalue weighted by molar-refractivity contribution is -0.961. The zero-order valence-electron chi connectivity index (χ0n) is 10.8. The molecule has 2 saturated heterocycles. The molecule has 2 heterocycles. The Kier molecular flexibility index (Phi) is 3.09. The van der Waals surface area contributed by atoms with Gasteiger partial charge in [0.25, 0.3) is 0 Å². The van der Waals surface area contributed by atoms with Crippen molar-refractivity contribution in [3.05, 3.63) is 0 Å². The minimum atomic E-state index is 0.969. The van der Waals surface area contributed by atoms with Gasteiger partial charge in [0.2, 0.25) is 0 Å². The van der Waals surface area contributed by atoms with Crippen LogP contribution in [-0.2, 0) is 0 Å².